The molecule has 6 heteroatoms. The van der Waals surface area contributed by atoms with Gasteiger partial charge in [0.05, 0.1) is 5.92 Å². The third-order valence-electron chi connectivity index (χ3n) is 5.44. The molecule has 1 fully saturated rings. The lowest BCUT2D eigenvalue weighted by Crippen LogP contribution is -2.28. The van der Waals surface area contributed by atoms with Gasteiger partial charge < -0.3 is 19.7 Å². The molecule has 0 aliphatic carbocycles. The minimum Gasteiger partial charge on any atom is -0.454 e. The van der Waals surface area contributed by atoms with E-state index in [2.05, 4.69) is 5.32 Å². The Hall–Kier alpha value is -3.54. The predicted octanol–water partition coefficient (Wildman–Crippen LogP) is 3.56. The van der Waals surface area contributed by atoms with Crippen LogP contribution in [0.4, 0.5) is 5.69 Å². The maximum Gasteiger partial charge on any atom is 0.231 e. The highest BCUT2D eigenvalue weighted by Gasteiger charge is 2.34. The van der Waals surface area contributed by atoms with Crippen LogP contribution in [0.1, 0.15) is 12.0 Å². The lowest BCUT2D eigenvalue weighted by Gasteiger charge is -2.17. The second-order valence-electron chi connectivity index (χ2n) is 7.38. The van der Waals surface area contributed by atoms with Crippen molar-refractivity contribution in [1.29, 1.82) is 0 Å². The molecule has 1 unspecified atom stereocenters. The van der Waals surface area contributed by atoms with E-state index in [0.29, 0.717) is 24.6 Å². The number of fused-ring (bicyclic) bond motifs is 2. The number of likely N-dealkylation sites (tertiary alicyclic amines) is 1. The molecule has 6 nitrogen and oxygen atoms in total. The topological polar surface area (TPSA) is 67.9 Å². The van der Waals surface area contributed by atoms with E-state index in [1.54, 1.807) is 4.90 Å². The summed E-state index contributed by atoms with van der Waals surface area (Å²) < 4.78 is 10.7. The summed E-state index contributed by atoms with van der Waals surface area (Å²) in [7, 11) is 0. The number of amides is 2. The zero-order valence-corrected chi connectivity index (χ0v) is 15.8. The van der Waals surface area contributed by atoms with Gasteiger partial charge in [0.1, 0.15) is 0 Å². The SMILES string of the molecule is O=C(Nc1cccc2ccccc12)C1CC(=O)N(Cc2ccc3c(c2)OCO3)C1. The van der Waals surface area contributed by atoms with Crippen molar-refractivity contribution < 1.29 is 19.1 Å². The molecule has 1 N–H and O–H groups in total. The van der Waals surface area contributed by atoms with Crippen LogP contribution in [0, 0.1) is 5.92 Å². The minimum atomic E-state index is -0.365. The van der Waals surface area contributed by atoms with Crippen LogP contribution in [0.15, 0.2) is 60.7 Å². The average molecular weight is 388 g/mol. The highest BCUT2D eigenvalue weighted by atomic mass is 16.7. The van der Waals surface area contributed by atoms with Gasteiger partial charge in [0.2, 0.25) is 18.6 Å². The molecule has 0 aromatic heterocycles. The Kier molecular flexibility index (Phi) is 4.31. The van der Waals surface area contributed by atoms with E-state index in [9.17, 15) is 9.59 Å². The molecule has 3 aromatic carbocycles. The van der Waals surface area contributed by atoms with Crippen molar-refractivity contribution in [1.82, 2.24) is 4.90 Å². The molecule has 0 spiro atoms. The number of hydrogen-bond donors (Lipinski definition) is 1. The molecule has 5 rings (SSSR count). The first-order valence-corrected chi connectivity index (χ1v) is 9.62. The second kappa shape index (κ2) is 7.13. The van der Waals surface area contributed by atoms with Gasteiger partial charge in [-0.1, -0.05) is 42.5 Å². The summed E-state index contributed by atoms with van der Waals surface area (Å²) >= 11 is 0. The van der Waals surface area contributed by atoms with E-state index in [-0.39, 0.29) is 30.9 Å². The van der Waals surface area contributed by atoms with E-state index in [0.717, 1.165) is 22.0 Å². The third-order valence-corrected chi connectivity index (χ3v) is 5.44. The van der Waals surface area contributed by atoms with Crippen molar-refractivity contribution in [3.05, 3.63) is 66.2 Å². The number of ether oxygens (including phenoxy) is 2. The van der Waals surface area contributed by atoms with Crippen LogP contribution in [-0.2, 0) is 16.1 Å². The standard InChI is InChI=1S/C23H20N2O4/c26-22-11-17(13-25(22)12-15-8-9-20-21(10-15)29-14-28-20)23(27)24-19-7-3-5-16-4-1-2-6-18(16)19/h1-10,17H,11-14H2,(H,24,27). The van der Waals surface area contributed by atoms with Gasteiger partial charge in [-0.15, -0.1) is 0 Å². The number of nitrogens with one attached hydrogen (secondary N) is 1. The summed E-state index contributed by atoms with van der Waals surface area (Å²) in [6, 6.07) is 19.4. The molecule has 146 valence electrons. The Morgan fingerprint density at radius 1 is 1.03 bits per heavy atom. The van der Waals surface area contributed by atoms with Gasteiger partial charge in [-0.3, -0.25) is 9.59 Å². The van der Waals surface area contributed by atoms with E-state index >= 15 is 0 Å². The van der Waals surface area contributed by atoms with Gasteiger partial charge in [0, 0.05) is 30.6 Å². The smallest absolute Gasteiger partial charge is 0.231 e. The molecule has 29 heavy (non-hydrogen) atoms. The molecule has 1 atom stereocenters. The zero-order valence-electron chi connectivity index (χ0n) is 15.8. The summed E-state index contributed by atoms with van der Waals surface area (Å²) in [5.74, 6) is 0.910. The average Bonchev–Trinajstić information content (AvgIpc) is 3.35. The van der Waals surface area contributed by atoms with E-state index in [1.807, 2.05) is 60.7 Å². The van der Waals surface area contributed by atoms with Crippen LogP contribution in [0.2, 0.25) is 0 Å². The van der Waals surface area contributed by atoms with Crippen LogP contribution in [0.3, 0.4) is 0 Å². The van der Waals surface area contributed by atoms with Gasteiger partial charge >= 0.3 is 0 Å². The number of carbonyl (C=O) groups excluding carboxylic acids is 2. The lowest BCUT2D eigenvalue weighted by molar-refractivity contribution is -0.128. The van der Waals surface area contributed by atoms with Crippen LogP contribution in [0.5, 0.6) is 11.5 Å². The maximum atomic E-state index is 12.8. The van der Waals surface area contributed by atoms with Crippen molar-refractivity contribution >= 4 is 28.3 Å². The van der Waals surface area contributed by atoms with Gasteiger partial charge in [-0.25, -0.2) is 0 Å². The van der Waals surface area contributed by atoms with E-state index in [1.165, 1.54) is 0 Å². The summed E-state index contributed by atoms with van der Waals surface area (Å²) in [4.78, 5) is 27.0. The lowest BCUT2D eigenvalue weighted by atomic mass is 10.1. The van der Waals surface area contributed by atoms with Crippen molar-refractivity contribution in [3.63, 3.8) is 0 Å². The van der Waals surface area contributed by atoms with Gasteiger partial charge in [-0.05, 0) is 29.1 Å². The Labute approximate surface area is 168 Å². The Bertz CT molecular complexity index is 1110. The molecule has 2 aliphatic heterocycles. The quantitative estimate of drug-likeness (QED) is 0.742. The molecule has 0 saturated carbocycles. The molecule has 1 saturated heterocycles. The van der Waals surface area contributed by atoms with Crippen LogP contribution >= 0.6 is 0 Å². The number of hydrogen-bond acceptors (Lipinski definition) is 4. The van der Waals surface area contributed by atoms with E-state index < -0.39 is 0 Å². The largest absolute Gasteiger partial charge is 0.454 e. The molecule has 0 radical (unpaired) electrons. The first kappa shape index (κ1) is 17.6. The third kappa shape index (κ3) is 3.38. The zero-order chi connectivity index (χ0) is 19.8. The fourth-order valence-corrected chi connectivity index (χ4v) is 3.93. The fourth-order valence-electron chi connectivity index (χ4n) is 3.93. The van der Waals surface area contributed by atoms with Crippen LogP contribution in [-0.4, -0.2) is 30.1 Å². The number of anilines is 1. The minimum absolute atomic E-state index is 0.0132. The van der Waals surface area contributed by atoms with Crippen molar-refractivity contribution in [2.24, 2.45) is 5.92 Å². The van der Waals surface area contributed by atoms with Gasteiger partial charge in [0.25, 0.3) is 0 Å². The van der Waals surface area contributed by atoms with Crippen LogP contribution < -0.4 is 14.8 Å². The molecular weight excluding hydrogens is 368 g/mol. The fraction of sp³-hybridized carbons (Fsp3) is 0.217. The second-order valence-corrected chi connectivity index (χ2v) is 7.38. The number of carbonyl (C=O) groups is 2. The highest BCUT2D eigenvalue weighted by Crippen LogP contribution is 2.33. The van der Waals surface area contributed by atoms with Crippen molar-refractivity contribution in [2.45, 2.75) is 13.0 Å². The summed E-state index contributed by atoms with van der Waals surface area (Å²) in [5.41, 5.74) is 1.73. The first-order valence-electron chi connectivity index (χ1n) is 9.62. The number of nitrogens with zero attached hydrogens (tertiary/aromatic N) is 1. The van der Waals surface area contributed by atoms with Gasteiger partial charge in [0.15, 0.2) is 11.5 Å². The summed E-state index contributed by atoms with van der Waals surface area (Å²) in [6.45, 7) is 1.08. The predicted molar refractivity (Wildman–Crippen MR) is 109 cm³/mol. The van der Waals surface area contributed by atoms with Gasteiger partial charge in [-0.2, -0.15) is 0 Å². The van der Waals surface area contributed by atoms with Crippen molar-refractivity contribution in [3.8, 4) is 11.5 Å². The molecular formula is C23H20N2O4. The highest BCUT2D eigenvalue weighted by molar-refractivity contribution is 6.04. The first-order chi connectivity index (χ1) is 14.2. The Balaban J connectivity index is 1.28. The molecule has 3 aromatic rings. The number of rotatable bonds is 4. The summed E-state index contributed by atoms with van der Waals surface area (Å²) in [5, 5.41) is 5.07. The summed E-state index contributed by atoms with van der Waals surface area (Å²) in [6.07, 6.45) is 0.223. The van der Waals surface area contributed by atoms with Crippen LogP contribution in [0.25, 0.3) is 10.8 Å². The normalized spacial score (nSPS) is 17.7. The van der Waals surface area contributed by atoms with E-state index in [4.69, 9.17) is 9.47 Å². The number of benzene rings is 3. The maximum absolute atomic E-state index is 12.8. The van der Waals surface area contributed by atoms with Crippen molar-refractivity contribution in [2.75, 3.05) is 18.7 Å². The monoisotopic (exact) mass is 388 g/mol. The molecule has 0 bridgehead atoms. The molecule has 2 heterocycles. The molecule has 2 aliphatic rings. The Morgan fingerprint density at radius 3 is 2.79 bits per heavy atom. The molecule has 2 amide bonds. The Morgan fingerprint density at radius 2 is 1.86 bits per heavy atom.